The third-order valence-electron chi connectivity index (χ3n) is 5.94. The average molecular weight is 551 g/mol. The lowest BCUT2D eigenvalue weighted by Gasteiger charge is -2.31. The smallest absolute Gasteiger partial charge is 0.252 e. The summed E-state index contributed by atoms with van der Waals surface area (Å²) in [4.78, 5) is 18.9. The second-order valence-corrected chi connectivity index (χ2v) is 10.0. The third-order valence-corrected chi connectivity index (χ3v) is 6.47. The van der Waals surface area contributed by atoms with Gasteiger partial charge in [0.2, 0.25) is 5.90 Å². The summed E-state index contributed by atoms with van der Waals surface area (Å²) in [5.74, 6) is 0.941. The molecule has 0 radical (unpaired) electrons. The molecular formula is C29H31BrN2O4. The number of ether oxygens (including phenoxy) is 2. The number of benzene rings is 3. The first-order chi connectivity index (χ1) is 17.4. The van der Waals surface area contributed by atoms with E-state index in [1.54, 1.807) is 0 Å². The van der Waals surface area contributed by atoms with E-state index >= 15 is 0 Å². The molecule has 0 aliphatic carbocycles. The molecule has 2 N–H and O–H groups in total. The Morgan fingerprint density at radius 2 is 1.78 bits per heavy atom. The Morgan fingerprint density at radius 3 is 2.42 bits per heavy atom. The second-order valence-electron chi connectivity index (χ2n) is 9.13. The molecule has 0 bridgehead atoms. The number of aliphatic hydroxyl groups is 1. The molecular weight excluding hydrogens is 520 g/mol. The van der Waals surface area contributed by atoms with Gasteiger partial charge in [-0.05, 0) is 61.4 Å². The van der Waals surface area contributed by atoms with Crippen LogP contribution in [0.5, 0.6) is 5.75 Å². The molecule has 0 saturated carbocycles. The number of hydrogen-bond donors (Lipinski definition) is 2. The Labute approximate surface area is 220 Å². The second kappa shape index (κ2) is 11.7. The van der Waals surface area contributed by atoms with Crippen molar-refractivity contribution in [3.8, 4) is 5.75 Å². The van der Waals surface area contributed by atoms with Crippen LogP contribution >= 0.6 is 15.9 Å². The fraction of sp³-hybridized carbons (Fsp3) is 0.310. The van der Waals surface area contributed by atoms with E-state index in [2.05, 4.69) is 21.2 Å². The molecule has 2 atom stereocenters. The molecule has 1 heterocycles. The number of rotatable bonds is 10. The van der Waals surface area contributed by atoms with Crippen molar-refractivity contribution in [2.75, 3.05) is 13.2 Å². The maximum Gasteiger partial charge on any atom is 0.252 e. The number of hydrogen-bond acceptors (Lipinski definition) is 5. The lowest BCUT2D eigenvalue weighted by atomic mass is 9.82. The van der Waals surface area contributed by atoms with Gasteiger partial charge >= 0.3 is 0 Å². The third kappa shape index (κ3) is 5.97. The summed E-state index contributed by atoms with van der Waals surface area (Å²) in [5.41, 5.74) is 1.44. The van der Waals surface area contributed by atoms with Gasteiger partial charge in [0.05, 0.1) is 6.61 Å². The van der Waals surface area contributed by atoms with Crippen LogP contribution in [-0.4, -0.2) is 41.7 Å². The summed E-state index contributed by atoms with van der Waals surface area (Å²) in [6, 6.07) is 25.1. The molecule has 188 valence electrons. The van der Waals surface area contributed by atoms with Gasteiger partial charge in [0.15, 0.2) is 11.6 Å². The summed E-state index contributed by atoms with van der Waals surface area (Å²) in [7, 11) is 0. The van der Waals surface area contributed by atoms with Gasteiger partial charge in [-0.15, -0.1) is 0 Å². The van der Waals surface area contributed by atoms with Gasteiger partial charge < -0.3 is 19.9 Å². The van der Waals surface area contributed by atoms with Crippen LogP contribution in [0.25, 0.3) is 0 Å². The fourth-order valence-electron chi connectivity index (χ4n) is 4.21. The molecule has 1 amide bonds. The zero-order chi connectivity index (χ0) is 25.5. The lowest BCUT2D eigenvalue weighted by Crippen LogP contribution is -2.51. The molecule has 7 heteroatoms. The van der Waals surface area contributed by atoms with E-state index in [4.69, 9.17) is 19.6 Å². The van der Waals surface area contributed by atoms with E-state index in [9.17, 15) is 4.79 Å². The topological polar surface area (TPSA) is 80.2 Å². The van der Waals surface area contributed by atoms with Crippen LogP contribution in [0.4, 0.5) is 0 Å². The predicted octanol–water partition coefficient (Wildman–Crippen LogP) is 5.23. The van der Waals surface area contributed by atoms with E-state index in [-0.39, 0.29) is 18.6 Å². The molecule has 0 aromatic heterocycles. The molecule has 0 fully saturated rings. The monoisotopic (exact) mass is 550 g/mol. The van der Waals surface area contributed by atoms with Crippen molar-refractivity contribution in [1.29, 1.82) is 0 Å². The van der Waals surface area contributed by atoms with Crippen LogP contribution < -0.4 is 10.1 Å². The van der Waals surface area contributed by atoms with Crippen molar-refractivity contribution >= 4 is 27.7 Å². The number of amides is 1. The lowest BCUT2D eigenvalue weighted by molar-refractivity contribution is -0.129. The van der Waals surface area contributed by atoms with Crippen molar-refractivity contribution < 1.29 is 19.4 Å². The molecule has 1 aliphatic heterocycles. The molecule has 0 spiro atoms. The number of aliphatic imine (C=N–C) groups is 1. The van der Waals surface area contributed by atoms with Gasteiger partial charge in [0, 0.05) is 35.5 Å². The molecule has 0 unspecified atom stereocenters. The van der Waals surface area contributed by atoms with Crippen molar-refractivity contribution in [1.82, 2.24) is 5.32 Å². The minimum atomic E-state index is -1.19. The van der Waals surface area contributed by atoms with Crippen molar-refractivity contribution in [2.24, 2.45) is 4.99 Å². The Bertz CT molecular complexity index is 1180. The minimum absolute atomic E-state index is 0.0506. The SMILES string of the molecule is CC(C)NC(=O)[C@]1(Cc2ccccc2)N=C(c2ccc(OCCCO)cc2)O[C@@H]1c1ccc(Br)cc1. The quantitative estimate of drug-likeness (QED) is 0.338. The fourth-order valence-corrected chi connectivity index (χ4v) is 4.48. The van der Waals surface area contributed by atoms with Gasteiger partial charge in [-0.1, -0.05) is 58.4 Å². The van der Waals surface area contributed by atoms with Crippen LogP contribution in [0, 0.1) is 0 Å². The number of nitrogens with one attached hydrogen (secondary N) is 1. The first-order valence-corrected chi connectivity index (χ1v) is 12.9. The van der Waals surface area contributed by atoms with Crippen LogP contribution in [-0.2, 0) is 16.0 Å². The highest BCUT2D eigenvalue weighted by Gasteiger charge is 2.53. The van der Waals surface area contributed by atoms with Gasteiger partial charge in [-0.25, -0.2) is 4.99 Å². The number of halogens is 1. The van der Waals surface area contributed by atoms with E-state index in [1.807, 2.05) is 92.7 Å². The van der Waals surface area contributed by atoms with Crippen molar-refractivity contribution in [3.63, 3.8) is 0 Å². The molecule has 1 aliphatic rings. The molecule has 0 saturated heterocycles. The number of carbonyl (C=O) groups is 1. The number of nitrogens with zero attached hydrogens (tertiary/aromatic N) is 1. The van der Waals surface area contributed by atoms with Gasteiger partial charge in [0.1, 0.15) is 5.75 Å². The zero-order valence-corrected chi connectivity index (χ0v) is 22.1. The van der Waals surface area contributed by atoms with E-state index in [1.165, 1.54) is 0 Å². The summed E-state index contributed by atoms with van der Waals surface area (Å²) in [5, 5.41) is 12.1. The Morgan fingerprint density at radius 1 is 1.08 bits per heavy atom. The van der Waals surface area contributed by atoms with Crippen molar-refractivity contribution in [2.45, 2.75) is 44.4 Å². The first-order valence-electron chi connectivity index (χ1n) is 12.1. The van der Waals surface area contributed by atoms with Crippen LogP contribution in [0.1, 0.15) is 43.1 Å². The highest BCUT2D eigenvalue weighted by atomic mass is 79.9. The number of carbonyl (C=O) groups excluding carboxylic acids is 1. The molecule has 3 aromatic carbocycles. The maximum absolute atomic E-state index is 13.9. The maximum atomic E-state index is 13.9. The molecule has 3 aromatic rings. The van der Waals surface area contributed by atoms with Crippen LogP contribution in [0.3, 0.4) is 0 Å². The summed E-state index contributed by atoms with van der Waals surface area (Å²) >= 11 is 3.50. The molecule has 4 rings (SSSR count). The normalized spacial score (nSPS) is 19.0. The Hall–Kier alpha value is -3.16. The Balaban J connectivity index is 1.76. The molecule has 6 nitrogen and oxygen atoms in total. The number of aliphatic hydroxyl groups excluding tert-OH is 1. The van der Waals surface area contributed by atoms with Crippen LogP contribution in [0.15, 0.2) is 88.3 Å². The zero-order valence-electron chi connectivity index (χ0n) is 20.5. The highest BCUT2D eigenvalue weighted by Crippen LogP contribution is 2.43. The van der Waals surface area contributed by atoms with Crippen LogP contribution in [0.2, 0.25) is 0 Å². The van der Waals surface area contributed by atoms with Gasteiger partial charge in [-0.3, -0.25) is 4.79 Å². The first kappa shape index (κ1) is 25.9. The van der Waals surface area contributed by atoms with Gasteiger partial charge in [0.25, 0.3) is 5.91 Å². The largest absolute Gasteiger partial charge is 0.494 e. The summed E-state index contributed by atoms with van der Waals surface area (Å²) < 4.78 is 13.1. The van der Waals surface area contributed by atoms with E-state index in [0.717, 1.165) is 21.2 Å². The average Bonchev–Trinajstić information content (AvgIpc) is 3.26. The minimum Gasteiger partial charge on any atom is -0.494 e. The Kier molecular flexibility index (Phi) is 8.44. The standard InChI is InChI=1S/C29H31BrN2O4/c1-20(2)31-28(34)29(19-21-7-4-3-5-8-21)26(22-9-13-24(30)14-10-22)36-27(32-29)23-11-15-25(16-12-23)35-18-6-17-33/h3-5,7-16,20,26,33H,6,17-19H2,1-2H3,(H,31,34)/t26-,29-/m1/s1. The van der Waals surface area contributed by atoms with Gasteiger partial charge in [-0.2, -0.15) is 0 Å². The summed E-state index contributed by atoms with van der Waals surface area (Å²) in [6.07, 6.45) is 0.346. The van der Waals surface area contributed by atoms with E-state index < -0.39 is 11.6 Å². The highest BCUT2D eigenvalue weighted by molar-refractivity contribution is 9.10. The molecule has 36 heavy (non-hydrogen) atoms. The van der Waals surface area contributed by atoms with Crippen molar-refractivity contribution in [3.05, 3.63) is 100 Å². The van der Waals surface area contributed by atoms with E-state index in [0.29, 0.717) is 31.1 Å². The predicted molar refractivity (Wildman–Crippen MR) is 144 cm³/mol. The summed E-state index contributed by atoms with van der Waals surface area (Å²) in [6.45, 7) is 4.41.